The summed E-state index contributed by atoms with van der Waals surface area (Å²) < 4.78 is 9.64. The molecule has 4 aliphatic rings. The summed E-state index contributed by atoms with van der Waals surface area (Å²) in [6.45, 7) is 8.81. The molecular weight excluding hydrogens is 1370 g/mol. The molecule has 1 unspecified atom stereocenters. The molecule has 1 saturated heterocycles. The van der Waals surface area contributed by atoms with Gasteiger partial charge in [-0.15, -0.1) is 12.4 Å². The Hall–Kier alpha value is -5.68. The van der Waals surface area contributed by atoms with E-state index in [1.165, 1.54) is 91.7 Å². The molecule has 0 radical (unpaired) electrons. The summed E-state index contributed by atoms with van der Waals surface area (Å²) in [5, 5.41) is 33.4. The van der Waals surface area contributed by atoms with Crippen LogP contribution in [0.5, 0.6) is 0 Å². The molecule has 3 aliphatic carbocycles. The first-order valence-corrected chi connectivity index (χ1v) is 30.9. The van der Waals surface area contributed by atoms with Crippen molar-refractivity contribution < 1.29 is 43.4 Å². The van der Waals surface area contributed by atoms with Gasteiger partial charge in [0.15, 0.2) is 5.78 Å². The number of hydrogen-bond acceptors (Lipinski definition) is 4. The molecule has 418 valence electrons. The molecule has 12 aromatic rings. The fourth-order valence-electron chi connectivity index (χ4n) is 11.4. The van der Waals surface area contributed by atoms with Crippen molar-refractivity contribution in [2.75, 3.05) is 13.2 Å². The van der Waals surface area contributed by atoms with E-state index in [0.717, 1.165) is 80.2 Å². The summed E-state index contributed by atoms with van der Waals surface area (Å²) in [4.78, 5) is 20.4. The number of unbranched alkanes of at least 4 members (excludes halogenated alkanes) is 1. The smallest absolute Gasteiger partial charge is 0.481 e. The van der Waals surface area contributed by atoms with Gasteiger partial charge in [0.05, 0.1) is 5.41 Å². The van der Waals surface area contributed by atoms with Gasteiger partial charge in [0.1, 0.15) is 6.10 Å². The number of benzene rings is 12. The third-order valence-corrected chi connectivity index (χ3v) is 18.2. The molecule has 5 nitrogen and oxygen atoms in total. The molecule has 0 aromatic heterocycles. The van der Waals surface area contributed by atoms with E-state index in [4.69, 9.17) is 14.6 Å². The minimum absolute atomic E-state index is 0. The summed E-state index contributed by atoms with van der Waals surface area (Å²) >= 11 is 13.2. The van der Waals surface area contributed by atoms with E-state index in [-0.39, 0.29) is 42.5 Å². The van der Waals surface area contributed by atoms with Crippen molar-refractivity contribution in [3.8, 4) is 0 Å². The zero-order valence-corrected chi connectivity index (χ0v) is 54.6. The van der Waals surface area contributed by atoms with Gasteiger partial charge in [-0.3, -0.25) is 9.59 Å². The predicted molar refractivity (Wildman–Crippen MR) is 367 cm³/mol. The average molecular weight is 1430 g/mol. The molecule has 1 heterocycles. The molecule has 0 saturated carbocycles. The van der Waals surface area contributed by atoms with Crippen LogP contribution in [0, 0.1) is 10.5 Å². The maximum Gasteiger partial charge on any atom is 1.00 e. The Bertz CT molecular complexity index is 4210. The Morgan fingerprint density at radius 3 is 1.48 bits per heavy atom. The van der Waals surface area contributed by atoms with Crippen molar-refractivity contribution in [1.82, 2.24) is 0 Å². The van der Waals surface area contributed by atoms with Crippen LogP contribution in [-0.2, 0) is 14.9 Å². The first kappa shape index (κ1) is 64.3. The summed E-state index contributed by atoms with van der Waals surface area (Å²) in [5.41, 5.74) is 9.53. The average Bonchev–Trinajstić information content (AvgIpc) is 2.64. The molecule has 2 N–H and O–H groups in total. The minimum Gasteiger partial charge on any atom is -0.481 e. The number of aliphatic carboxylic acids is 1. The number of carboxylic acid groups (broad SMARTS) is 1. The molecule has 1 fully saturated rings. The maximum absolute atomic E-state index is 11.4. The van der Waals surface area contributed by atoms with Gasteiger partial charge in [0.2, 0.25) is 0 Å². The van der Waals surface area contributed by atoms with E-state index in [1.54, 1.807) is 0 Å². The van der Waals surface area contributed by atoms with Gasteiger partial charge in [-0.2, -0.15) is 6.42 Å². The van der Waals surface area contributed by atoms with Crippen molar-refractivity contribution >= 4 is 159 Å². The van der Waals surface area contributed by atoms with Crippen LogP contribution in [-0.4, -0.2) is 35.2 Å². The van der Waals surface area contributed by atoms with Crippen LogP contribution >= 0.6 is 82.8 Å². The van der Waals surface area contributed by atoms with Gasteiger partial charge in [0, 0.05) is 53.6 Å². The van der Waals surface area contributed by atoms with Gasteiger partial charge >= 0.3 is 18.9 Å². The van der Waals surface area contributed by atoms with Crippen LogP contribution in [0.2, 0.25) is 0 Å². The van der Waals surface area contributed by atoms with Crippen molar-refractivity contribution in [2.24, 2.45) is 0 Å². The quantitative estimate of drug-likeness (QED) is 0.105. The number of fused-ring (bicyclic) bond motifs is 7. The molecule has 1 spiro atoms. The number of aliphatic hydroxyl groups is 1. The Kier molecular flexibility index (Phi) is 22.3. The second kappa shape index (κ2) is 29.1. The predicted octanol–water partition coefficient (Wildman–Crippen LogP) is 18.1. The van der Waals surface area contributed by atoms with Gasteiger partial charge in [-0.25, -0.2) is 0 Å². The Labute approximate surface area is 548 Å². The fourth-order valence-corrected chi connectivity index (χ4v) is 13.5. The maximum atomic E-state index is 11.4. The van der Waals surface area contributed by atoms with E-state index < -0.39 is 12.1 Å². The van der Waals surface area contributed by atoms with Gasteiger partial charge in [-0.1, -0.05) is 255 Å². The Morgan fingerprint density at radius 2 is 0.917 bits per heavy atom. The number of carbonyl (C=O) groups excluding carboxylic acids is 1. The number of ketones is 1. The standard InChI is InChI=1S/C21H15BrO.C21H11Br.C11H6O.C10H6BrI.C4H8O.C4H9.C2H4O2.ClH.Li/c22-20-13-12-19(16-9-3-4-10-17(16)20)21(23)18-11-5-7-14-6-1-2-8-15(14)18;22-18-11-10-17-20-13(18)6-3-9-16(20)21(17)14-7-1-4-12-5-2-8-15(21)19(12)14;12-11-8-5-1-3-7-4-2-6-9(11)10(7)8;11-9-5-6-10(12)8-4-2-1-3-7(8)9;1-2-4-5-3-1;1-3-4-2;1-2(3)4;;/h1-13,21,23H;1-11H;2*1-6H;1-4H2;1,3-4H2,2H3;1H3,(H,3,4);1H;/q;;;;;-1;;;+1. The summed E-state index contributed by atoms with van der Waals surface area (Å²) in [5.74, 6) is -0.642. The first-order chi connectivity index (χ1) is 39.9. The fraction of sp³-hybridized carbons (Fsp3) is 0.137. The zero-order valence-electron chi connectivity index (χ0n) is 46.9. The topological polar surface area (TPSA) is 83.8 Å². The monoisotopic (exact) mass is 1420 g/mol. The van der Waals surface area contributed by atoms with E-state index >= 15 is 0 Å². The number of halogens is 5. The zero-order chi connectivity index (χ0) is 57.5. The van der Waals surface area contributed by atoms with Crippen LogP contribution in [0.15, 0.2) is 232 Å². The summed E-state index contributed by atoms with van der Waals surface area (Å²) in [7, 11) is 0. The van der Waals surface area contributed by atoms with Crippen LogP contribution < -0.4 is 18.9 Å². The van der Waals surface area contributed by atoms with Crippen LogP contribution in [0.25, 0.3) is 64.6 Å². The van der Waals surface area contributed by atoms with Crippen molar-refractivity contribution in [3.05, 3.63) is 287 Å². The van der Waals surface area contributed by atoms with E-state index in [1.807, 2.05) is 84.9 Å². The molecule has 16 rings (SSSR count). The number of ether oxygens (including phenoxy) is 1. The van der Waals surface area contributed by atoms with Crippen molar-refractivity contribution in [2.45, 2.75) is 51.0 Å². The molecular formula is C73H60Br3ClILiO5. The summed E-state index contributed by atoms with van der Waals surface area (Å²) in [6.07, 6.45) is 4.18. The third-order valence-electron chi connectivity index (χ3n) is 15.2. The van der Waals surface area contributed by atoms with Crippen LogP contribution in [0.3, 0.4) is 0 Å². The van der Waals surface area contributed by atoms with Crippen LogP contribution in [0.4, 0.5) is 0 Å². The minimum atomic E-state index is -0.833. The second-order valence-corrected chi connectivity index (χ2v) is 24.0. The first-order valence-electron chi connectivity index (χ1n) is 27.4. The second-order valence-electron chi connectivity index (χ2n) is 20.2. The van der Waals surface area contributed by atoms with Gasteiger partial charge in [-0.05, 0) is 152 Å². The molecule has 0 bridgehead atoms. The van der Waals surface area contributed by atoms with Crippen LogP contribution in [0.1, 0.15) is 94.9 Å². The molecule has 1 aliphatic heterocycles. The number of carbonyl (C=O) groups is 2. The molecule has 1 atom stereocenters. The molecule has 0 amide bonds. The summed E-state index contributed by atoms with van der Waals surface area (Å²) in [6, 6.07) is 75.3. The van der Waals surface area contributed by atoms with Gasteiger partial charge in [0.25, 0.3) is 5.97 Å². The van der Waals surface area contributed by atoms with Gasteiger partial charge < -0.3 is 21.9 Å². The largest absolute Gasteiger partial charge is 1.00 e. The number of carboxylic acids is 1. The van der Waals surface area contributed by atoms with Crippen molar-refractivity contribution in [3.63, 3.8) is 0 Å². The third kappa shape index (κ3) is 12.7. The number of rotatable bonds is 3. The SMILES string of the molecule is Brc1ccc(I)c2ccccc12.Brc1ccc2c3c(cccc13)C21c2cccc3cccc1c23.C1CCOC1.CC(=O)O.Cl.O=C1c2cccc3cccc1c23.OC(c1cccc2ccccc12)c1ccc(Br)c2ccccc12.[CH2-]CCC.[Li+]. The van der Waals surface area contributed by atoms with E-state index in [2.05, 4.69) is 218 Å². The molecule has 12 aromatic carbocycles. The molecule has 84 heavy (non-hydrogen) atoms. The molecule has 11 heteroatoms. The normalized spacial score (nSPS) is 13.1. The number of hydrogen-bond donors (Lipinski definition) is 2. The Balaban J connectivity index is 0.000000139. The van der Waals surface area contributed by atoms with E-state index in [0.29, 0.717) is 0 Å². The van der Waals surface area contributed by atoms with Crippen molar-refractivity contribution in [1.29, 1.82) is 0 Å². The van der Waals surface area contributed by atoms with E-state index in [9.17, 15) is 9.90 Å². The Morgan fingerprint density at radius 1 is 0.524 bits per heavy atom. The number of aliphatic hydroxyl groups excluding tert-OH is 1.